The molecule has 0 aromatic carbocycles. The third-order valence-electron chi connectivity index (χ3n) is 3.21. The van der Waals surface area contributed by atoms with Gasteiger partial charge in [0.15, 0.2) is 6.10 Å². The third kappa shape index (κ3) is 4.49. The molecule has 0 aromatic heterocycles. The number of hydrogen-bond donors (Lipinski definition) is 1. The summed E-state index contributed by atoms with van der Waals surface area (Å²) < 4.78 is 5.17. The van der Waals surface area contributed by atoms with E-state index in [0.717, 1.165) is 19.0 Å². The quantitative estimate of drug-likeness (QED) is 0.687. The van der Waals surface area contributed by atoms with Crippen molar-refractivity contribution >= 4 is 5.97 Å². The molecule has 4 nitrogen and oxygen atoms in total. The van der Waals surface area contributed by atoms with E-state index in [-0.39, 0.29) is 0 Å². The fourth-order valence-corrected chi connectivity index (χ4v) is 2.02. The highest BCUT2D eigenvalue weighted by molar-refractivity contribution is 5.72. The number of rotatable bonds is 8. The second kappa shape index (κ2) is 6.86. The maximum atomic E-state index is 10.8. The molecule has 4 heteroatoms. The molecule has 0 saturated heterocycles. The zero-order chi connectivity index (χ0) is 12.0. The maximum absolute atomic E-state index is 10.8. The van der Waals surface area contributed by atoms with Crippen LogP contribution < -0.4 is 0 Å². The number of aliphatic carboxylic acids is 1. The number of carboxylic acid groups (broad SMARTS) is 1. The van der Waals surface area contributed by atoms with Gasteiger partial charge in [0.2, 0.25) is 0 Å². The molecule has 1 aliphatic rings. The van der Waals surface area contributed by atoms with Gasteiger partial charge in [-0.15, -0.1) is 0 Å². The van der Waals surface area contributed by atoms with Crippen LogP contribution >= 0.6 is 0 Å². The standard InChI is InChI=1S/C12H23NO3/c1-3-16-11(12(14)15)7-8-13(2)9-10-5-4-6-10/h10-11H,3-9H2,1-2H3,(H,14,15). The van der Waals surface area contributed by atoms with E-state index < -0.39 is 12.1 Å². The molecule has 0 bridgehead atoms. The summed E-state index contributed by atoms with van der Waals surface area (Å²) in [6.07, 6.45) is 3.95. The lowest BCUT2D eigenvalue weighted by atomic mass is 9.85. The molecular weight excluding hydrogens is 206 g/mol. The van der Waals surface area contributed by atoms with E-state index in [1.165, 1.54) is 19.3 Å². The maximum Gasteiger partial charge on any atom is 0.332 e. The van der Waals surface area contributed by atoms with Crippen molar-refractivity contribution < 1.29 is 14.6 Å². The smallest absolute Gasteiger partial charge is 0.332 e. The van der Waals surface area contributed by atoms with Gasteiger partial charge in [-0.05, 0) is 39.2 Å². The molecule has 1 N–H and O–H groups in total. The minimum Gasteiger partial charge on any atom is -0.479 e. The van der Waals surface area contributed by atoms with Crippen LogP contribution in [-0.4, -0.2) is 48.8 Å². The Morgan fingerprint density at radius 2 is 2.25 bits per heavy atom. The molecule has 1 aliphatic carbocycles. The normalized spacial score (nSPS) is 18.4. The lowest BCUT2D eigenvalue weighted by Crippen LogP contribution is -2.34. The predicted octanol–water partition coefficient (Wildman–Crippen LogP) is 1.60. The van der Waals surface area contributed by atoms with E-state index in [0.29, 0.717) is 13.0 Å². The highest BCUT2D eigenvalue weighted by Gasteiger charge is 2.21. The summed E-state index contributed by atoms with van der Waals surface area (Å²) in [5, 5.41) is 8.91. The molecule has 1 fully saturated rings. The molecule has 1 saturated carbocycles. The first kappa shape index (κ1) is 13.5. The molecule has 1 atom stereocenters. The highest BCUT2D eigenvalue weighted by Crippen LogP contribution is 2.26. The van der Waals surface area contributed by atoms with Gasteiger partial charge in [-0.2, -0.15) is 0 Å². The van der Waals surface area contributed by atoms with Crippen LogP contribution in [-0.2, 0) is 9.53 Å². The Kier molecular flexibility index (Phi) is 5.77. The van der Waals surface area contributed by atoms with Gasteiger partial charge >= 0.3 is 5.97 Å². The zero-order valence-electron chi connectivity index (χ0n) is 10.3. The largest absolute Gasteiger partial charge is 0.479 e. The number of carbonyl (C=O) groups is 1. The van der Waals surface area contributed by atoms with Crippen molar-refractivity contribution in [2.75, 3.05) is 26.7 Å². The SMILES string of the molecule is CCOC(CCN(C)CC1CCC1)C(=O)O. The third-order valence-corrected chi connectivity index (χ3v) is 3.21. The highest BCUT2D eigenvalue weighted by atomic mass is 16.5. The summed E-state index contributed by atoms with van der Waals surface area (Å²) in [7, 11) is 2.06. The second-order valence-electron chi connectivity index (χ2n) is 4.63. The molecule has 1 unspecified atom stereocenters. The Morgan fingerprint density at radius 1 is 1.56 bits per heavy atom. The minimum atomic E-state index is -0.848. The van der Waals surface area contributed by atoms with Crippen LogP contribution in [0.4, 0.5) is 0 Å². The van der Waals surface area contributed by atoms with Crippen molar-refractivity contribution in [2.45, 2.75) is 38.7 Å². The van der Waals surface area contributed by atoms with Crippen LogP contribution in [0.2, 0.25) is 0 Å². The van der Waals surface area contributed by atoms with E-state index in [1.807, 2.05) is 6.92 Å². The van der Waals surface area contributed by atoms with Crippen LogP contribution in [0.3, 0.4) is 0 Å². The Bertz CT molecular complexity index is 216. The average molecular weight is 229 g/mol. The minimum absolute atomic E-state index is 0.462. The second-order valence-corrected chi connectivity index (χ2v) is 4.63. The molecule has 0 radical (unpaired) electrons. The van der Waals surface area contributed by atoms with Gasteiger partial charge in [-0.1, -0.05) is 6.42 Å². The van der Waals surface area contributed by atoms with Crippen LogP contribution in [0.25, 0.3) is 0 Å². The van der Waals surface area contributed by atoms with Gasteiger partial charge in [0.1, 0.15) is 0 Å². The number of hydrogen-bond acceptors (Lipinski definition) is 3. The van der Waals surface area contributed by atoms with E-state index in [9.17, 15) is 4.79 Å². The van der Waals surface area contributed by atoms with Gasteiger partial charge in [0, 0.05) is 19.7 Å². The number of ether oxygens (including phenoxy) is 1. The predicted molar refractivity (Wildman–Crippen MR) is 62.5 cm³/mol. The molecule has 0 aromatic rings. The summed E-state index contributed by atoms with van der Waals surface area (Å²) in [6, 6.07) is 0. The van der Waals surface area contributed by atoms with Crippen LogP contribution in [0.5, 0.6) is 0 Å². The lowest BCUT2D eigenvalue weighted by Gasteiger charge is -2.30. The Morgan fingerprint density at radius 3 is 2.69 bits per heavy atom. The van der Waals surface area contributed by atoms with Gasteiger partial charge < -0.3 is 14.7 Å². The van der Waals surface area contributed by atoms with Crippen molar-refractivity contribution in [1.29, 1.82) is 0 Å². The van der Waals surface area contributed by atoms with Crippen LogP contribution in [0, 0.1) is 5.92 Å². The van der Waals surface area contributed by atoms with Gasteiger partial charge in [0.25, 0.3) is 0 Å². The van der Waals surface area contributed by atoms with E-state index in [4.69, 9.17) is 9.84 Å². The first-order valence-electron chi connectivity index (χ1n) is 6.16. The molecule has 94 valence electrons. The molecule has 0 spiro atoms. The Labute approximate surface area is 97.6 Å². The first-order chi connectivity index (χ1) is 7.63. The summed E-state index contributed by atoms with van der Waals surface area (Å²) in [5.74, 6) is -0.0146. The summed E-state index contributed by atoms with van der Waals surface area (Å²) in [6.45, 7) is 4.18. The van der Waals surface area contributed by atoms with Crippen molar-refractivity contribution in [3.05, 3.63) is 0 Å². The van der Waals surface area contributed by atoms with Crippen molar-refractivity contribution in [3.8, 4) is 0 Å². The molecule has 16 heavy (non-hydrogen) atoms. The van der Waals surface area contributed by atoms with Crippen molar-refractivity contribution in [1.82, 2.24) is 4.90 Å². The molecule has 0 amide bonds. The summed E-state index contributed by atoms with van der Waals surface area (Å²) >= 11 is 0. The average Bonchev–Trinajstić information content (AvgIpc) is 2.17. The van der Waals surface area contributed by atoms with E-state index in [2.05, 4.69) is 11.9 Å². The van der Waals surface area contributed by atoms with E-state index >= 15 is 0 Å². The zero-order valence-corrected chi connectivity index (χ0v) is 10.3. The van der Waals surface area contributed by atoms with Crippen molar-refractivity contribution in [3.63, 3.8) is 0 Å². The van der Waals surface area contributed by atoms with Crippen LogP contribution in [0.1, 0.15) is 32.6 Å². The van der Waals surface area contributed by atoms with Gasteiger partial charge in [0.05, 0.1) is 0 Å². The van der Waals surface area contributed by atoms with Crippen LogP contribution in [0.15, 0.2) is 0 Å². The summed E-state index contributed by atoms with van der Waals surface area (Å²) in [5.41, 5.74) is 0. The van der Waals surface area contributed by atoms with Gasteiger partial charge in [-0.25, -0.2) is 4.79 Å². The molecular formula is C12H23NO3. The topological polar surface area (TPSA) is 49.8 Å². The van der Waals surface area contributed by atoms with E-state index in [1.54, 1.807) is 0 Å². The number of nitrogens with zero attached hydrogens (tertiary/aromatic N) is 1. The fourth-order valence-electron chi connectivity index (χ4n) is 2.02. The first-order valence-corrected chi connectivity index (χ1v) is 6.16. The summed E-state index contributed by atoms with van der Waals surface area (Å²) in [4.78, 5) is 13.1. The van der Waals surface area contributed by atoms with Crippen molar-refractivity contribution in [2.24, 2.45) is 5.92 Å². The molecule has 0 aliphatic heterocycles. The van der Waals surface area contributed by atoms with Gasteiger partial charge in [-0.3, -0.25) is 0 Å². The number of carboxylic acids is 1. The molecule has 0 heterocycles. The Hall–Kier alpha value is -0.610. The lowest BCUT2D eigenvalue weighted by molar-refractivity contribution is -0.150. The Balaban J connectivity index is 2.16. The fraction of sp³-hybridized carbons (Fsp3) is 0.917. The molecule has 1 rings (SSSR count). The monoisotopic (exact) mass is 229 g/mol.